The molecule has 0 radical (unpaired) electrons. The number of carbonyl (C=O) groups excluding carboxylic acids is 2. The molecule has 0 bridgehead atoms. The topological polar surface area (TPSA) is 124 Å². The Balaban J connectivity index is 4.45. The van der Waals surface area contributed by atoms with Gasteiger partial charge < -0.3 is 9.47 Å². The third-order valence-corrected chi connectivity index (χ3v) is 4.61. The van der Waals surface area contributed by atoms with Crippen LogP contribution in [-0.4, -0.2) is 91.0 Å². The molecular weight excluding hydrogens is 362 g/mol. The van der Waals surface area contributed by atoms with Gasteiger partial charge in [-0.1, -0.05) is 0 Å². The number of hydrogen-bond acceptors (Lipinski definition) is 9. The molecule has 0 aromatic rings. The zero-order valence-corrected chi connectivity index (χ0v) is 15.6. The van der Waals surface area contributed by atoms with E-state index in [9.17, 15) is 26.4 Å². The predicted octanol–water partition coefficient (Wildman–Crippen LogP) is -1.35. The van der Waals surface area contributed by atoms with Gasteiger partial charge in [-0.15, -0.1) is 0 Å². The van der Waals surface area contributed by atoms with Crippen LogP contribution >= 0.6 is 0 Å². The molecule has 9 nitrogen and oxygen atoms in total. The molecule has 0 heterocycles. The third-order valence-electron chi connectivity index (χ3n) is 2.77. The smallest absolute Gasteiger partial charge is 0.331 e. The molecule has 140 valence electrons. The van der Waals surface area contributed by atoms with Crippen LogP contribution in [0.25, 0.3) is 0 Å². The second kappa shape index (κ2) is 10.4. The van der Waals surface area contributed by atoms with Crippen molar-refractivity contribution in [1.29, 1.82) is 0 Å². The summed E-state index contributed by atoms with van der Waals surface area (Å²) >= 11 is 0. The number of sulfone groups is 2. The van der Waals surface area contributed by atoms with Crippen molar-refractivity contribution >= 4 is 31.6 Å². The Bertz CT molecular complexity index is 615. The molecule has 0 atom stereocenters. The Kier molecular flexibility index (Phi) is 9.78. The van der Waals surface area contributed by atoms with Crippen molar-refractivity contribution in [3.63, 3.8) is 0 Å². The van der Waals surface area contributed by atoms with E-state index in [0.717, 1.165) is 24.7 Å². The molecule has 0 N–H and O–H groups in total. The van der Waals surface area contributed by atoms with Crippen LogP contribution in [0, 0.1) is 0 Å². The molecule has 0 rings (SSSR count). The van der Waals surface area contributed by atoms with Crippen molar-refractivity contribution in [2.24, 2.45) is 0 Å². The van der Waals surface area contributed by atoms with Gasteiger partial charge in [0.15, 0.2) is 0 Å². The Labute approximate surface area is 142 Å². The van der Waals surface area contributed by atoms with Gasteiger partial charge in [-0.2, -0.15) is 0 Å². The van der Waals surface area contributed by atoms with Crippen molar-refractivity contribution in [2.45, 2.75) is 0 Å². The summed E-state index contributed by atoms with van der Waals surface area (Å²) in [6.45, 7) is 0.356. The van der Waals surface area contributed by atoms with Crippen LogP contribution in [-0.2, 0) is 38.7 Å². The van der Waals surface area contributed by atoms with Gasteiger partial charge in [0.2, 0.25) is 0 Å². The molecule has 0 aromatic heterocycles. The van der Waals surface area contributed by atoms with E-state index >= 15 is 0 Å². The molecule has 11 heteroatoms. The molecule has 0 aliphatic carbocycles. The Morgan fingerprint density at radius 3 is 1.75 bits per heavy atom. The van der Waals surface area contributed by atoms with E-state index in [4.69, 9.17) is 4.74 Å². The average Bonchev–Trinajstić information content (AvgIpc) is 2.45. The van der Waals surface area contributed by atoms with Crippen molar-refractivity contribution in [1.82, 2.24) is 4.90 Å². The first-order valence-electron chi connectivity index (χ1n) is 6.93. The number of methoxy groups -OCH3 is 1. The third kappa shape index (κ3) is 14.2. The standard InChI is InChI=1S/C13H23NO8S2/c1-21-12(15)4-5-13(16)22-9-6-14(7-10-23(2,17)18)8-11-24(3,19)20/h4-5H,6-11H2,1-3H3/b5-4+. The molecule has 0 fully saturated rings. The maximum atomic E-state index is 11.4. The number of ether oxygens (including phenoxy) is 2. The van der Waals surface area contributed by atoms with Crippen LogP contribution in [0.4, 0.5) is 0 Å². The summed E-state index contributed by atoms with van der Waals surface area (Å²) in [5.41, 5.74) is 0. The van der Waals surface area contributed by atoms with Crippen molar-refractivity contribution in [2.75, 3.05) is 57.4 Å². The molecule has 0 saturated heterocycles. The first kappa shape index (κ1) is 22.5. The highest BCUT2D eigenvalue weighted by atomic mass is 32.2. The maximum Gasteiger partial charge on any atom is 0.331 e. The van der Waals surface area contributed by atoms with Crippen LogP contribution in [0.2, 0.25) is 0 Å². The molecule has 0 aromatic carbocycles. The van der Waals surface area contributed by atoms with E-state index in [-0.39, 0.29) is 37.7 Å². The summed E-state index contributed by atoms with van der Waals surface area (Å²) in [6, 6.07) is 0. The molecule has 0 spiro atoms. The second-order valence-corrected chi connectivity index (χ2v) is 9.64. The molecule has 0 saturated carbocycles. The number of nitrogens with zero attached hydrogens (tertiary/aromatic N) is 1. The fraction of sp³-hybridized carbons (Fsp3) is 0.692. The van der Waals surface area contributed by atoms with Gasteiger partial charge in [-0.25, -0.2) is 26.4 Å². The highest BCUT2D eigenvalue weighted by molar-refractivity contribution is 7.90. The lowest BCUT2D eigenvalue weighted by Crippen LogP contribution is -2.36. The molecule has 0 aliphatic rings. The maximum absolute atomic E-state index is 11.4. The van der Waals surface area contributed by atoms with E-state index < -0.39 is 31.6 Å². The lowest BCUT2D eigenvalue weighted by atomic mass is 10.4. The quantitative estimate of drug-likeness (QED) is 0.313. The van der Waals surface area contributed by atoms with Crippen molar-refractivity contribution < 1.29 is 35.9 Å². The van der Waals surface area contributed by atoms with Crippen LogP contribution in [0.3, 0.4) is 0 Å². The van der Waals surface area contributed by atoms with E-state index in [1.165, 1.54) is 7.11 Å². The Hall–Kier alpha value is -1.46. The molecule has 0 unspecified atom stereocenters. The van der Waals surface area contributed by atoms with Crippen LogP contribution in [0.5, 0.6) is 0 Å². The summed E-state index contributed by atoms with van der Waals surface area (Å²) in [7, 11) is -5.23. The lowest BCUT2D eigenvalue weighted by molar-refractivity contribution is -0.139. The number of hydrogen-bond donors (Lipinski definition) is 0. The largest absolute Gasteiger partial charge is 0.466 e. The molecular formula is C13H23NO8S2. The lowest BCUT2D eigenvalue weighted by Gasteiger charge is -2.21. The van der Waals surface area contributed by atoms with Gasteiger partial charge >= 0.3 is 11.9 Å². The van der Waals surface area contributed by atoms with Crippen LogP contribution in [0.1, 0.15) is 0 Å². The van der Waals surface area contributed by atoms with Crippen molar-refractivity contribution in [3.8, 4) is 0 Å². The van der Waals surface area contributed by atoms with Crippen LogP contribution < -0.4 is 0 Å². The summed E-state index contributed by atoms with van der Waals surface area (Å²) < 4.78 is 54.0. The molecule has 0 aliphatic heterocycles. The summed E-state index contributed by atoms with van der Waals surface area (Å²) in [4.78, 5) is 23.8. The molecule has 24 heavy (non-hydrogen) atoms. The van der Waals surface area contributed by atoms with E-state index in [1.54, 1.807) is 4.90 Å². The first-order valence-corrected chi connectivity index (χ1v) is 11.1. The minimum Gasteiger partial charge on any atom is -0.466 e. The van der Waals surface area contributed by atoms with E-state index in [1.807, 2.05) is 0 Å². The van der Waals surface area contributed by atoms with Gasteiger partial charge in [0.1, 0.15) is 26.3 Å². The second-order valence-electron chi connectivity index (χ2n) is 5.13. The average molecular weight is 385 g/mol. The van der Waals surface area contributed by atoms with Gasteiger partial charge in [-0.3, -0.25) is 4.90 Å². The normalized spacial score (nSPS) is 12.5. The zero-order chi connectivity index (χ0) is 18.8. The van der Waals surface area contributed by atoms with Crippen molar-refractivity contribution in [3.05, 3.63) is 12.2 Å². The number of esters is 2. The highest BCUT2D eigenvalue weighted by Gasteiger charge is 2.13. The monoisotopic (exact) mass is 385 g/mol. The minimum atomic E-state index is -3.20. The minimum absolute atomic E-state index is 0.0716. The molecule has 0 amide bonds. The zero-order valence-electron chi connectivity index (χ0n) is 13.9. The van der Waals surface area contributed by atoms with Gasteiger partial charge in [0.25, 0.3) is 0 Å². The highest BCUT2D eigenvalue weighted by Crippen LogP contribution is 1.96. The van der Waals surface area contributed by atoms with E-state index in [2.05, 4.69) is 4.74 Å². The van der Waals surface area contributed by atoms with Gasteiger partial charge in [0.05, 0.1) is 18.6 Å². The summed E-state index contributed by atoms with van der Waals surface area (Å²) in [6.07, 6.45) is 3.98. The summed E-state index contributed by atoms with van der Waals surface area (Å²) in [5, 5.41) is 0. The Morgan fingerprint density at radius 2 is 1.33 bits per heavy atom. The van der Waals surface area contributed by atoms with Gasteiger partial charge in [-0.05, 0) is 0 Å². The fourth-order valence-electron chi connectivity index (χ4n) is 1.45. The number of rotatable bonds is 11. The Morgan fingerprint density at radius 1 is 0.875 bits per heavy atom. The van der Waals surface area contributed by atoms with Crippen LogP contribution in [0.15, 0.2) is 12.2 Å². The van der Waals surface area contributed by atoms with E-state index in [0.29, 0.717) is 0 Å². The SMILES string of the molecule is COC(=O)/C=C/C(=O)OCCN(CCS(C)(=O)=O)CCS(C)(=O)=O. The fourth-order valence-corrected chi connectivity index (χ4v) is 2.63. The number of carbonyl (C=O) groups is 2. The van der Waals surface area contributed by atoms with Gasteiger partial charge in [0, 0.05) is 44.3 Å². The summed E-state index contributed by atoms with van der Waals surface area (Å²) in [5.74, 6) is -1.72. The predicted molar refractivity (Wildman–Crippen MR) is 88.0 cm³/mol. The first-order chi connectivity index (χ1) is 10.9.